The highest BCUT2D eigenvalue weighted by molar-refractivity contribution is 6.08. The third-order valence-electron chi connectivity index (χ3n) is 3.92. The van der Waals surface area contributed by atoms with Gasteiger partial charge in [-0.05, 0) is 58.4 Å². The molecule has 1 heterocycles. The number of anilines is 2. The van der Waals surface area contributed by atoms with E-state index < -0.39 is 29.4 Å². The molecule has 156 valence electrons. The molecule has 0 fully saturated rings. The lowest BCUT2D eigenvalue weighted by Crippen LogP contribution is -2.27. The number of ether oxygens (including phenoxy) is 2. The van der Waals surface area contributed by atoms with Crippen LogP contribution in [0.25, 0.3) is 0 Å². The number of halogens is 1. The summed E-state index contributed by atoms with van der Waals surface area (Å²) in [6.45, 7) is 8.34. The van der Waals surface area contributed by atoms with Gasteiger partial charge in [0.15, 0.2) is 0 Å². The Balaban J connectivity index is 2.30. The van der Waals surface area contributed by atoms with E-state index in [1.165, 1.54) is 13.2 Å². The number of esters is 1. The molecule has 2 rings (SSSR count). The number of nitrogens with one attached hydrogen (secondary N) is 3. The Morgan fingerprint density at radius 2 is 1.72 bits per heavy atom. The Morgan fingerprint density at radius 3 is 2.31 bits per heavy atom. The second-order valence-corrected chi connectivity index (χ2v) is 7.39. The number of methoxy groups -OCH3 is 1. The van der Waals surface area contributed by atoms with E-state index in [4.69, 9.17) is 9.47 Å². The van der Waals surface area contributed by atoms with Crippen molar-refractivity contribution < 1.29 is 28.2 Å². The van der Waals surface area contributed by atoms with E-state index in [2.05, 4.69) is 15.6 Å². The van der Waals surface area contributed by atoms with Gasteiger partial charge in [0.2, 0.25) is 0 Å². The van der Waals surface area contributed by atoms with Gasteiger partial charge in [-0.1, -0.05) is 0 Å². The summed E-state index contributed by atoms with van der Waals surface area (Å²) < 4.78 is 23.6. The first-order valence-electron chi connectivity index (χ1n) is 8.81. The van der Waals surface area contributed by atoms with E-state index in [1.54, 1.807) is 34.6 Å². The standard InChI is InChI=1S/C20H24FN3O5/c1-10-15(18(26)28-6)11(2)22-16(10)17(25)23-14-9-12(21)7-8-13(14)24-19(27)29-20(3,4)5/h7-9,22H,1-6H3,(H,23,25)(H,24,27). The topological polar surface area (TPSA) is 110 Å². The Hall–Kier alpha value is -3.36. The first-order chi connectivity index (χ1) is 13.4. The highest BCUT2D eigenvalue weighted by Crippen LogP contribution is 2.26. The largest absolute Gasteiger partial charge is 0.465 e. The molecule has 0 saturated heterocycles. The molecule has 0 atom stereocenters. The minimum atomic E-state index is -0.750. The lowest BCUT2D eigenvalue weighted by molar-refractivity contribution is 0.0596. The minimum Gasteiger partial charge on any atom is -0.465 e. The quantitative estimate of drug-likeness (QED) is 0.662. The molecule has 0 unspecified atom stereocenters. The minimum absolute atomic E-state index is 0.0344. The summed E-state index contributed by atoms with van der Waals surface area (Å²) in [4.78, 5) is 39.5. The highest BCUT2D eigenvalue weighted by atomic mass is 19.1. The van der Waals surface area contributed by atoms with Crippen molar-refractivity contribution in [3.8, 4) is 0 Å². The lowest BCUT2D eigenvalue weighted by atomic mass is 10.1. The number of aromatic nitrogens is 1. The van der Waals surface area contributed by atoms with Gasteiger partial charge in [-0.2, -0.15) is 0 Å². The smallest absolute Gasteiger partial charge is 0.412 e. The van der Waals surface area contributed by atoms with Crippen LogP contribution >= 0.6 is 0 Å². The molecule has 0 aliphatic carbocycles. The number of amides is 2. The maximum atomic E-state index is 13.7. The molecular weight excluding hydrogens is 381 g/mol. The summed E-state index contributed by atoms with van der Waals surface area (Å²) in [5, 5.41) is 5.02. The first kappa shape index (κ1) is 21.9. The molecule has 0 bridgehead atoms. The summed E-state index contributed by atoms with van der Waals surface area (Å²) in [6.07, 6.45) is -0.750. The van der Waals surface area contributed by atoms with Gasteiger partial charge in [0.1, 0.15) is 17.1 Å². The third-order valence-corrected chi connectivity index (χ3v) is 3.92. The Bertz CT molecular complexity index is 960. The number of hydrogen-bond acceptors (Lipinski definition) is 5. The van der Waals surface area contributed by atoms with Crippen LogP contribution in [0, 0.1) is 19.7 Å². The van der Waals surface area contributed by atoms with Crippen LogP contribution in [0.2, 0.25) is 0 Å². The van der Waals surface area contributed by atoms with Crippen LogP contribution in [0.15, 0.2) is 18.2 Å². The maximum absolute atomic E-state index is 13.7. The van der Waals surface area contributed by atoms with E-state index in [1.807, 2.05) is 0 Å². The van der Waals surface area contributed by atoms with Crippen LogP contribution in [0.1, 0.15) is 52.9 Å². The average Bonchev–Trinajstić information content (AvgIpc) is 2.89. The maximum Gasteiger partial charge on any atom is 0.412 e. The molecule has 0 radical (unpaired) electrons. The van der Waals surface area contributed by atoms with Crippen molar-refractivity contribution >= 4 is 29.3 Å². The zero-order valence-electron chi connectivity index (χ0n) is 17.2. The second-order valence-electron chi connectivity index (χ2n) is 7.39. The number of benzene rings is 1. The zero-order chi connectivity index (χ0) is 21.9. The van der Waals surface area contributed by atoms with Crippen molar-refractivity contribution in [3.05, 3.63) is 46.5 Å². The van der Waals surface area contributed by atoms with Crippen molar-refractivity contribution in [3.63, 3.8) is 0 Å². The van der Waals surface area contributed by atoms with Gasteiger partial charge in [0, 0.05) is 5.69 Å². The highest BCUT2D eigenvalue weighted by Gasteiger charge is 2.24. The number of carbonyl (C=O) groups excluding carboxylic acids is 3. The van der Waals surface area contributed by atoms with E-state index in [0.717, 1.165) is 12.1 Å². The molecule has 1 aromatic heterocycles. The Morgan fingerprint density at radius 1 is 1.07 bits per heavy atom. The Kier molecular flexibility index (Phi) is 6.31. The molecule has 29 heavy (non-hydrogen) atoms. The normalized spacial score (nSPS) is 11.0. The predicted octanol–water partition coefficient (Wildman–Crippen LogP) is 4.16. The molecule has 0 aliphatic heterocycles. The van der Waals surface area contributed by atoms with Crippen LogP contribution in [0.3, 0.4) is 0 Å². The van der Waals surface area contributed by atoms with Crippen LogP contribution < -0.4 is 10.6 Å². The summed E-state index contributed by atoms with van der Waals surface area (Å²) in [5.41, 5.74) is 0.696. The van der Waals surface area contributed by atoms with Crippen LogP contribution in [-0.2, 0) is 9.47 Å². The van der Waals surface area contributed by atoms with Crippen LogP contribution in [0.5, 0.6) is 0 Å². The predicted molar refractivity (Wildman–Crippen MR) is 106 cm³/mol. The van der Waals surface area contributed by atoms with Crippen molar-refractivity contribution in [1.82, 2.24) is 4.98 Å². The number of H-pyrrole nitrogens is 1. The molecule has 2 aromatic rings. The molecule has 0 spiro atoms. The van der Waals surface area contributed by atoms with Crippen LogP contribution in [0.4, 0.5) is 20.6 Å². The van der Waals surface area contributed by atoms with Gasteiger partial charge in [-0.3, -0.25) is 10.1 Å². The zero-order valence-corrected chi connectivity index (χ0v) is 17.2. The van der Waals surface area contributed by atoms with Gasteiger partial charge in [-0.25, -0.2) is 14.0 Å². The third kappa shape index (κ3) is 5.34. The van der Waals surface area contributed by atoms with Crippen LogP contribution in [-0.4, -0.2) is 35.7 Å². The molecule has 1 aromatic carbocycles. The summed E-state index contributed by atoms with van der Waals surface area (Å²) >= 11 is 0. The Labute approximate surface area is 167 Å². The van der Waals surface area contributed by atoms with E-state index in [-0.39, 0.29) is 22.6 Å². The van der Waals surface area contributed by atoms with Gasteiger partial charge in [0.05, 0.1) is 24.0 Å². The molecule has 0 saturated carbocycles. The van der Waals surface area contributed by atoms with Gasteiger partial charge in [0.25, 0.3) is 5.91 Å². The number of aryl methyl sites for hydroxylation is 1. The molecule has 9 heteroatoms. The summed E-state index contributed by atoms with van der Waals surface area (Å²) in [6, 6.07) is 3.51. The van der Waals surface area contributed by atoms with Crippen molar-refractivity contribution in [2.24, 2.45) is 0 Å². The van der Waals surface area contributed by atoms with Gasteiger partial charge >= 0.3 is 12.1 Å². The van der Waals surface area contributed by atoms with Gasteiger partial charge in [-0.15, -0.1) is 0 Å². The van der Waals surface area contributed by atoms with Crippen molar-refractivity contribution in [2.45, 2.75) is 40.2 Å². The second kappa shape index (κ2) is 8.34. The molecular formula is C20H24FN3O5. The number of hydrogen-bond donors (Lipinski definition) is 3. The van der Waals surface area contributed by atoms with Crippen molar-refractivity contribution in [1.29, 1.82) is 0 Å². The molecule has 8 nitrogen and oxygen atoms in total. The van der Waals surface area contributed by atoms with Crippen molar-refractivity contribution in [2.75, 3.05) is 17.7 Å². The van der Waals surface area contributed by atoms with E-state index in [0.29, 0.717) is 11.3 Å². The average molecular weight is 405 g/mol. The van der Waals surface area contributed by atoms with E-state index >= 15 is 0 Å². The molecule has 0 aliphatic rings. The summed E-state index contributed by atoms with van der Waals surface area (Å²) in [5.74, 6) is -1.79. The SMILES string of the molecule is COC(=O)c1c(C)[nH]c(C(=O)Nc2cc(F)ccc2NC(=O)OC(C)(C)C)c1C. The fourth-order valence-corrected chi connectivity index (χ4v) is 2.71. The summed E-state index contributed by atoms with van der Waals surface area (Å²) in [7, 11) is 1.25. The number of carbonyl (C=O) groups is 3. The van der Waals surface area contributed by atoms with E-state index in [9.17, 15) is 18.8 Å². The monoisotopic (exact) mass is 405 g/mol. The first-order valence-corrected chi connectivity index (χ1v) is 8.81. The molecule has 2 amide bonds. The number of aromatic amines is 1. The number of rotatable bonds is 4. The fourth-order valence-electron chi connectivity index (χ4n) is 2.71. The fraction of sp³-hybridized carbons (Fsp3) is 0.350. The molecule has 3 N–H and O–H groups in total. The lowest BCUT2D eigenvalue weighted by Gasteiger charge is -2.20. The van der Waals surface area contributed by atoms with Gasteiger partial charge < -0.3 is 19.8 Å².